The lowest BCUT2D eigenvalue weighted by Gasteiger charge is -2.19. The van der Waals surface area contributed by atoms with E-state index in [0.29, 0.717) is 28.3 Å². The second-order valence-electron chi connectivity index (χ2n) is 12.2. The lowest BCUT2D eigenvalue weighted by Crippen LogP contribution is -2.24. The summed E-state index contributed by atoms with van der Waals surface area (Å²) in [4.78, 5) is 16.0. The average molecular weight is 638 g/mol. The van der Waals surface area contributed by atoms with Crippen molar-refractivity contribution >= 4 is 26.8 Å². The van der Waals surface area contributed by atoms with Gasteiger partial charge in [0.05, 0.1) is 4.90 Å². The summed E-state index contributed by atoms with van der Waals surface area (Å²) in [5.41, 5.74) is 4.54. The third-order valence-electron chi connectivity index (χ3n) is 7.44. The fourth-order valence-corrected chi connectivity index (χ4v) is 5.35. The number of aromatic amines is 1. The summed E-state index contributed by atoms with van der Waals surface area (Å²) in [5.74, 6) is -0.438. The number of amides is 1. The summed E-state index contributed by atoms with van der Waals surface area (Å²) in [6.45, 7) is 15.1. The zero-order valence-corrected chi connectivity index (χ0v) is 29.1. The predicted octanol–water partition coefficient (Wildman–Crippen LogP) is 9.29. The van der Waals surface area contributed by atoms with Crippen molar-refractivity contribution in [2.75, 3.05) is 13.6 Å². The van der Waals surface area contributed by atoms with Crippen LogP contribution in [0.4, 0.5) is 4.39 Å². The molecule has 0 saturated heterocycles. The zero-order chi connectivity index (χ0) is 33.6. The molecular formula is C37H52FN3O3S. The maximum absolute atomic E-state index is 14.0. The lowest BCUT2D eigenvalue weighted by molar-refractivity contribution is 0.0950. The highest BCUT2D eigenvalue weighted by Gasteiger charge is 2.19. The summed E-state index contributed by atoms with van der Waals surface area (Å²) in [5, 5.41) is 3.80. The van der Waals surface area contributed by atoms with Gasteiger partial charge in [-0.3, -0.25) is 4.79 Å². The van der Waals surface area contributed by atoms with Crippen LogP contribution in [0.1, 0.15) is 102 Å². The van der Waals surface area contributed by atoms with Crippen molar-refractivity contribution in [1.82, 2.24) is 15.0 Å². The van der Waals surface area contributed by atoms with E-state index >= 15 is 0 Å². The van der Waals surface area contributed by atoms with E-state index in [1.807, 2.05) is 49.4 Å². The summed E-state index contributed by atoms with van der Waals surface area (Å²) in [6, 6.07) is 19.7. The van der Waals surface area contributed by atoms with Gasteiger partial charge in [0.2, 0.25) is 10.0 Å². The van der Waals surface area contributed by atoms with Gasteiger partial charge in [0, 0.05) is 23.0 Å². The van der Waals surface area contributed by atoms with Gasteiger partial charge in [0.15, 0.2) is 0 Å². The first kappa shape index (κ1) is 37.7. The van der Waals surface area contributed by atoms with Crippen LogP contribution in [0.25, 0.3) is 22.0 Å². The van der Waals surface area contributed by atoms with Crippen LogP contribution in [-0.2, 0) is 15.4 Å². The molecule has 0 bridgehead atoms. The standard InChI is InChI=1S/C19H19FN2O.C11H17NO2S.C7H16/c1-3-10-21-19(23)18-17(13-9-8-12(2)15(20)11-13)14-6-4-5-7-16(14)22-18;1-11(2,3)9-5-7-10(8-6-9)15(13,14)12-4;1-3-5-7-6-4-2/h4-9,11,22H,3,10H2,1-2H3,(H,21,23);5-8,12H,1-4H3;3-7H2,1-2H3. The molecule has 0 fully saturated rings. The number of aryl methyl sites for hydroxylation is 1. The van der Waals surface area contributed by atoms with Gasteiger partial charge in [0.1, 0.15) is 11.5 Å². The normalized spacial score (nSPS) is 11.3. The van der Waals surface area contributed by atoms with Gasteiger partial charge >= 0.3 is 0 Å². The Hall–Kier alpha value is -3.49. The molecule has 45 heavy (non-hydrogen) atoms. The van der Waals surface area contributed by atoms with Crippen molar-refractivity contribution < 1.29 is 17.6 Å². The second kappa shape index (κ2) is 17.9. The van der Waals surface area contributed by atoms with Gasteiger partial charge in [-0.25, -0.2) is 17.5 Å². The number of fused-ring (bicyclic) bond motifs is 1. The first-order valence-corrected chi connectivity index (χ1v) is 17.5. The molecule has 1 aromatic heterocycles. The number of halogens is 1. The number of para-hydroxylation sites is 1. The highest BCUT2D eigenvalue weighted by atomic mass is 32.2. The number of aromatic nitrogens is 1. The molecule has 0 aliphatic carbocycles. The molecular weight excluding hydrogens is 585 g/mol. The molecule has 0 atom stereocenters. The predicted molar refractivity (Wildman–Crippen MR) is 187 cm³/mol. The first-order chi connectivity index (χ1) is 21.3. The van der Waals surface area contributed by atoms with Crippen LogP contribution < -0.4 is 10.0 Å². The maximum Gasteiger partial charge on any atom is 0.268 e. The third kappa shape index (κ3) is 11.1. The number of carbonyl (C=O) groups is 1. The Bertz CT molecular complexity index is 1600. The van der Waals surface area contributed by atoms with E-state index < -0.39 is 10.0 Å². The highest BCUT2D eigenvalue weighted by Crippen LogP contribution is 2.33. The van der Waals surface area contributed by atoms with E-state index in [2.05, 4.69) is 49.6 Å². The molecule has 0 saturated carbocycles. The number of nitrogens with one attached hydrogen (secondary N) is 3. The van der Waals surface area contributed by atoms with E-state index in [4.69, 9.17) is 0 Å². The van der Waals surface area contributed by atoms with Crippen molar-refractivity contribution in [2.45, 2.75) is 97.3 Å². The van der Waals surface area contributed by atoms with Crippen LogP contribution in [0.15, 0.2) is 71.6 Å². The maximum atomic E-state index is 14.0. The van der Waals surface area contributed by atoms with Crippen LogP contribution in [-0.4, -0.2) is 32.9 Å². The number of rotatable bonds is 10. The molecule has 0 aliphatic heterocycles. The van der Waals surface area contributed by atoms with Crippen molar-refractivity contribution in [3.05, 3.63) is 89.4 Å². The molecule has 246 valence electrons. The molecule has 0 radical (unpaired) electrons. The van der Waals surface area contributed by atoms with Gasteiger partial charge in [-0.1, -0.05) is 116 Å². The van der Waals surface area contributed by atoms with Crippen molar-refractivity contribution in [2.24, 2.45) is 0 Å². The smallest absolute Gasteiger partial charge is 0.268 e. The Morgan fingerprint density at radius 3 is 2.02 bits per heavy atom. The van der Waals surface area contributed by atoms with Crippen molar-refractivity contribution in [3.8, 4) is 11.1 Å². The SMILES string of the molecule is CCCCCCC.CCCNC(=O)c1[nH]c2ccccc2c1-c1ccc(C)c(F)c1.CNS(=O)(=O)c1ccc(C(C)(C)C)cc1. The van der Waals surface area contributed by atoms with E-state index in [1.54, 1.807) is 25.1 Å². The molecule has 3 N–H and O–H groups in total. The third-order valence-corrected chi connectivity index (χ3v) is 8.87. The van der Waals surface area contributed by atoms with Gasteiger partial charge in [-0.2, -0.15) is 0 Å². The molecule has 4 aromatic rings. The fraction of sp³-hybridized carbons (Fsp3) is 0.432. The monoisotopic (exact) mass is 637 g/mol. The zero-order valence-electron chi connectivity index (χ0n) is 28.3. The summed E-state index contributed by atoms with van der Waals surface area (Å²) in [6.07, 6.45) is 7.87. The van der Waals surface area contributed by atoms with Crippen LogP contribution in [0, 0.1) is 12.7 Å². The molecule has 0 aliphatic rings. The summed E-state index contributed by atoms with van der Waals surface area (Å²) >= 11 is 0. The Morgan fingerprint density at radius 2 is 1.49 bits per heavy atom. The van der Waals surface area contributed by atoms with E-state index in [0.717, 1.165) is 28.5 Å². The van der Waals surface area contributed by atoms with Crippen LogP contribution >= 0.6 is 0 Å². The minimum Gasteiger partial charge on any atom is -0.351 e. The number of H-pyrrole nitrogens is 1. The van der Waals surface area contributed by atoms with E-state index in [9.17, 15) is 17.6 Å². The fourth-order valence-electron chi connectivity index (χ4n) is 4.62. The number of hydrogen-bond acceptors (Lipinski definition) is 3. The van der Waals surface area contributed by atoms with Gasteiger partial charge in [0.25, 0.3) is 5.91 Å². The number of unbranched alkanes of at least 4 members (excludes halogenated alkanes) is 4. The van der Waals surface area contributed by atoms with E-state index in [-0.39, 0.29) is 17.1 Å². The average Bonchev–Trinajstić information content (AvgIpc) is 3.42. The topological polar surface area (TPSA) is 91.1 Å². The quantitative estimate of drug-likeness (QED) is 0.151. The van der Waals surface area contributed by atoms with Gasteiger partial charge < -0.3 is 10.3 Å². The van der Waals surface area contributed by atoms with Gasteiger partial charge in [-0.15, -0.1) is 0 Å². The van der Waals surface area contributed by atoms with Crippen LogP contribution in [0.5, 0.6) is 0 Å². The largest absolute Gasteiger partial charge is 0.351 e. The number of sulfonamides is 1. The van der Waals surface area contributed by atoms with Crippen LogP contribution in [0.2, 0.25) is 0 Å². The van der Waals surface area contributed by atoms with Crippen LogP contribution in [0.3, 0.4) is 0 Å². The minimum atomic E-state index is -3.31. The summed E-state index contributed by atoms with van der Waals surface area (Å²) < 4.78 is 39.2. The molecule has 0 unspecified atom stereocenters. The molecule has 0 spiro atoms. The molecule has 3 aromatic carbocycles. The molecule has 4 rings (SSSR count). The number of hydrogen-bond donors (Lipinski definition) is 3. The molecule has 1 amide bonds. The highest BCUT2D eigenvalue weighted by molar-refractivity contribution is 7.89. The lowest BCUT2D eigenvalue weighted by atomic mass is 9.87. The Balaban J connectivity index is 0.000000275. The first-order valence-electron chi connectivity index (χ1n) is 16.0. The molecule has 1 heterocycles. The molecule has 6 nitrogen and oxygen atoms in total. The number of benzene rings is 3. The second-order valence-corrected chi connectivity index (χ2v) is 14.1. The van der Waals surface area contributed by atoms with Gasteiger partial charge in [-0.05, 0) is 66.8 Å². The molecule has 8 heteroatoms. The Kier molecular flexibility index (Phi) is 15.0. The Morgan fingerprint density at radius 1 is 0.867 bits per heavy atom. The van der Waals surface area contributed by atoms with Crippen molar-refractivity contribution in [1.29, 1.82) is 0 Å². The van der Waals surface area contributed by atoms with E-state index in [1.165, 1.54) is 45.2 Å². The Labute approximate surface area is 270 Å². The summed E-state index contributed by atoms with van der Waals surface area (Å²) in [7, 11) is -1.90. The minimum absolute atomic E-state index is 0.0436. The number of carbonyl (C=O) groups excluding carboxylic acids is 1. The van der Waals surface area contributed by atoms with Crippen molar-refractivity contribution in [3.63, 3.8) is 0 Å².